The molecule has 90 valence electrons. The van der Waals surface area contributed by atoms with E-state index in [0.717, 1.165) is 31.6 Å². The third kappa shape index (κ3) is 3.00. The molecule has 0 radical (unpaired) electrons. The molecular weight excluding hydrogens is 228 g/mol. The van der Waals surface area contributed by atoms with Crippen molar-refractivity contribution in [2.75, 3.05) is 19.6 Å². The Bertz CT molecular complexity index is 346. The van der Waals surface area contributed by atoms with Gasteiger partial charge in [-0.1, -0.05) is 0 Å². The number of rotatable bonds is 3. The van der Waals surface area contributed by atoms with Gasteiger partial charge in [-0.3, -0.25) is 4.79 Å². The minimum Gasteiger partial charge on any atom is -0.459 e. The lowest BCUT2D eigenvalue weighted by molar-refractivity contribution is 0.0919. The number of carbonyl (C=O) groups excluding carboxylic acids is 1. The predicted octanol–water partition coefficient (Wildman–Crippen LogP) is 1.35. The number of amides is 1. The van der Waals surface area contributed by atoms with Crippen LogP contribution in [0.15, 0.2) is 16.7 Å². The molecule has 16 heavy (non-hydrogen) atoms. The molecule has 0 aromatic carbocycles. The van der Waals surface area contributed by atoms with Gasteiger partial charge in [-0.15, -0.1) is 12.4 Å². The van der Waals surface area contributed by atoms with E-state index in [9.17, 15) is 4.79 Å². The van der Waals surface area contributed by atoms with Crippen molar-refractivity contribution in [3.05, 3.63) is 23.7 Å². The maximum Gasteiger partial charge on any atom is 0.287 e. The van der Waals surface area contributed by atoms with Crippen LogP contribution in [0.25, 0.3) is 0 Å². The van der Waals surface area contributed by atoms with Gasteiger partial charge in [0.25, 0.3) is 5.91 Å². The van der Waals surface area contributed by atoms with Crippen LogP contribution < -0.4 is 10.6 Å². The highest BCUT2D eigenvalue weighted by Gasteiger charge is 2.17. The van der Waals surface area contributed by atoms with Gasteiger partial charge in [-0.05, 0) is 38.4 Å². The van der Waals surface area contributed by atoms with Crippen LogP contribution >= 0.6 is 12.4 Å². The van der Waals surface area contributed by atoms with Crippen LogP contribution in [0.5, 0.6) is 0 Å². The Morgan fingerprint density at radius 3 is 3.06 bits per heavy atom. The van der Waals surface area contributed by atoms with Gasteiger partial charge >= 0.3 is 0 Å². The Labute approximate surface area is 101 Å². The van der Waals surface area contributed by atoms with Gasteiger partial charge in [-0.2, -0.15) is 0 Å². The topological polar surface area (TPSA) is 54.3 Å². The van der Waals surface area contributed by atoms with Crippen LogP contribution in [-0.4, -0.2) is 25.5 Å². The Morgan fingerprint density at radius 1 is 1.69 bits per heavy atom. The molecule has 0 spiro atoms. The van der Waals surface area contributed by atoms with E-state index in [2.05, 4.69) is 10.6 Å². The zero-order valence-corrected chi connectivity index (χ0v) is 10.1. The summed E-state index contributed by atoms with van der Waals surface area (Å²) >= 11 is 0. The second-order valence-electron chi connectivity index (χ2n) is 4.00. The molecule has 1 aromatic rings. The maximum absolute atomic E-state index is 11.7. The van der Waals surface area contributed by atoms with Crippen LogP contribution in [0.3, 0.4) is 0 Å². The average molecular weight is 245 g/mol. The molecule has 2 heterocycles. The van der Waals surface area contributed by atoms with Crippen molar-refractivity contribution in [2.24, 2.45) is 5.92 Å². The second-order valence-corrected chi connectivity index (χ2v) is 4.00. The molecule has 1 unspecified atom stereocenters. The summed E-state index contributed by atoms with van der Waals surface area (Å²) in [6.07, 6.45) is 2.68. The summed E-state index contributed by atoms with van der Waals surface area (Å²) in [5.74, 6) is 0.884. The van der Waals surface area contributed by atoms with E-state index in [4.69, 9.17) is 4.42 Å². The Kier molecular flexibility index (Phi) is 4.83. The fraction of sp³-hybridized carbons (Fsp3) is 0.545. The van der Waals surface area contributed by atoms with Crippen LogP contribution in [0.1, 0.15) is 22.5 Å². The minimum absolute atomic E-state index is 0. The quantitative estimate of drug-likeness (QED) is 0.844. The summed E-state index contributed by atoms with van der Waals surface area (Å²) < 4.78 is 5.11. The first kappa shape index (κ1) is 13.1. The molecule has 2 N–H and O–H groups in total. The lowest BCUT2D eigenvalue weighted by Crippen LogP contribution is -2.30. The van der Waals surface area contributed by atoms with Crippen molar-refractivity contribution >= 4 is 18.3 Å². The zero-order chi connectivity index (χ0) is 10.7. The molecule has 2 rings (SSSR count). The molecule has 0 bridgehead atoms. The SMILES string of the molecule is Cc1ccoc1C(=O)NCC1CCNC1.Cl. The highest BCUT2D eigenvalue weighted by atomic mass is 35.5. The maximum atomic E-state index is 11.7. The van der Waals surface area contributed by atoms with Gasteiger partial charge in [0.2, 0.25) is 0 Å². The highest BCUT2D eigenvalue weighted by molar-refractivity contribution is 5.92. The third-order valence-corrected chi connectivity index (χ3v) is 2.78. The lowest BCUT2D eigenvalue weighted by atomic mass is 10.1. The molecular formula is C11H17ClN2O2. The van der Waals surface area contributed by atoms with E-state index < -0.39 is 0 Å². The monoisotopic (exact) mass is 244 g/mol. The van der Waals surface area contributed by atoms with E-state index in [1.165, 1.54) is 0 Å². The molecule has 1 aromatic heterocycles. The van der Waals surface area contributed by atoms with Crippen molar-refractivity contribution in [3.63, 3.8) is 0 Å². The molecule has 1 aliphatic heterocycles. The number of halogens is 1. The van der Waals surface area contributed by atoms with Gasteiger partial charge in [-0.25, -0.2) is 0 Å². The van der Waals surface area contributed by atoms with Crippen molar-refractivity contribution in [1.29, 1.82) is 0 Å². The average Bonchev–Trinajstić information content (AvgIpc) is 2.84. The summed E-state index contributed by atoms with van der Waals surface area (Å²) in [5, 5.41) is 6.16. The predicted molar refractivity (Wildman–Crippen MR) is 64.0 cm³/mol. The van der Waals surface area contributed by atoms with Crippen molar-refractivity contribution < 1.29 is 9.21 Å². The summed E-state index contributed by atoms with van der Waals surface area (Å²) in [7, 11) is 0. The first-order chi connectivity index (χ1) is 7.27. The van der Waals surface area contributed by atoms with Gasteiger partial charge in [0, 0.05) is 12.1 Å². The normalized spacial score (nSPS) is 19.2. The number of furan rings is 1. The molecule has 5 heteroatoms. The summed E-state index contributed by atoms with van der Waals surface area (Å²) in [4.78, 5) is 11.7. The number of hydrogen-bond acceptors (Lipinski definition) is 3. The number of hydrogen-bond donors (Lipinski definition) is 2. The minimum atomic E-state index is -0.107. The smallest absolute Gasteiger partial charge is 0.287 e. The molecule has 1 aliphatic rings. The molecule has 1 atom stereocenters. The molecule has 0 aliphatic carbocycles. The summed E-state index contributed by atoms with van der Waals surface area (Å²) in [6.45, 7) is 4.65. The van der Waals surface area contributed by atoms with E-state index in [1.807, 2.05) is 6.92 Å². The van der Waals surface area contributed by atoms with E-state index in [0.29, 0.717) is 11.7 Å². The standard InChI is InChI=1S/C11H16N2O2.ClH/c1-8-3-5-15-10(8)11(14)13-7-9-2-4-12-6-9;/h3,5,9,12H,2,4,6-7H2,1H3,(H,13,14);1H. The first-order valence-corrected chi connectivity index (χ1v) is 5.30. The summed E-state index contributed by atoms with van der Waals surface area (Å²) in [6, 6.07) is 1.80. The van der Waals surface area contributed by atoms with E-state index >= 15 is 0 Å². The van der Waals surface area contributed by atoms with Crippen molar-refractivity contribution in [3.8, 4) is 0 Å². The molecule has 0 saturated carbocycles. The summed E-state index contributed by atoms with van der Waals surface area (Å²) in [5.41, 5.74) is 0.886. The Hall–Kier alpha value is -1.00. The van der Waals surface area contributed by atoms with Gasteiger partial charge in [0.1, 0.15) is 0 Å². The Balaban J connectivity index is 0.00000128. The van der Waals surface area contributed by atoms with Gasteiger partial charge in [0.05, 0.1) is 6.26 Å². The van der Waals surface area contributed by atoms with Crippen molar-refractivity contribution in [1.82, 2.24) is 10.6 Å². The Morgan fingerprint density at radius 2 is 2.50 bits per heavy atom. The lowest BCUT2D eigenvalue weighted by Gasteiger charge is -2.08. The second kappa shape index (κ2) is 5.92. The molecule has 1 fully saturated rings. The van der Waals surface area contributed by atoms with Crippen LogP contribution in [-0.2, 0) is 0 Å². The highest BCUT2D eigenvalue weighted by Crippen LogP contribution is 2.09. The van der Waals surface area contributed by atoms with E-state index in [1.54, 1.807) is 12.3 Å². The molecule has 4 nitrogen and oxygen atoms in total. The van der Waals surface area contributed by atoms with Crippen molar-refractivity contribution in [2.45, 2.75) is 13.3 Å². The van der Waals surface area contributed by atoms with Gasteiger partial charge < -0.3 is 15.1 Å². The molecule has 1 saturated heterocycles. The molecule has 1 amide bonds. The third-order valence-electron chi connectivity index (χ3n) is 2.78. The van der Waals surface area contributed by atoms with Gasteiger partial charge in [0.15, 0.2) is 5.76 Å². The number of aryl methyl sites for hydroxylation is 1. The first-order valence-electron chi connectivity index (χ1n) is 5.30. The van der Waals surface area contributed by atoms with Crippen LogP contribution in [0.2, 0.25) is 0 Å². The largest absolute Gasteiger partial charge is 0.459 e. The van der Waals surface area contributed by atoms with E-state index in [-0.39, 0.29) is 18.3 Å². The number of nitrogens with one attached hydrogen (secondary N) is 2. The zero-order valence-electron chi connectivity index (χ0n) is 9.29. The fourth-order valence-electron chi connectivity index (χ4n) is 1.81. The van der Waals surface area contributed by atoms with Crippen LogP contribution in [0, 0.1) is 12.8 Å². The number of carbonyl (C=O) groups is 1. The van der Waals surface area contributed by atoms with Crippen LogP contribution in [0.4, 0.5) is 0 Å². The fourth-order valence-corrected chi connectivity index (χ4v) is 1.81.